The fourth-order valence-corrected chi connectivity index (χ4v) is 4.23. The van der Waals surface area contributed by atoms with Gasteiger partial charge in [0.2, 0.25) is 0 Å². The highest BCUT2D eigenvalue weighted by Gasteiger charge is 2.45. The van der Waals surface area contributed by atoms with Gasteiger partial charge in [-0.15, -0.1) is 0 Å². The molecule has 0 aromatic carbocycles. The maximum atomic E-state index is 10.6. The number of nitrogens with zero attached hydrogens (tertiary/aromatic N) is 4. The fraction of sp³-hybridized carbons (Fsp3) is 0.583. The number of likely N-dealkylation sites (tertiary alicyclic amines) is 1. The number of imidazole rings is 1. The lowest BCUT2D eigenvalue weighted by Gasteiger charge is -2.49. The van der Waals surface area contributed by atoms with E-state index in [0.29, 0.717) is 0 Å². The van der Waals surface area contributed by atoms with Gasteiger partial charge < -0.3 is 24.3 Å². The van der Waals surface area contributed by atoms with E-state index in [2.05, 4.69) is 40.5 Å². The number of carboxylic acids is 3. The number of piperidine rings is 1. The van der Waals surface area contributed by atoms with E-state index in [9.17, 15) is 39.5 Å². The summed E-state index contributed by atoms with van der Waals surface area (Å²) in [6.07, 6.45) is -10.9. The van der Waals surface area contributed by atoms with Crippen molar-refractivity contribution in [3.8, 4) is 0 Å². The van der Waals surface area contributed by atoms with Crippen molar-refractivity contribution >= 4 is 17.9 Å². The number of halogens is 9. The van der Waals surface area contributed by atoms with Crippen molar-refractivity contribution in [1.82, 2.24) is 19.4 Å². The minimum absolute atomic E-state index is 0.113. The first kappa shape index (κ1) is 38.2. The van der Waals surface area contributed by atoms with Crippen LogP contribution in [0.1, 0.15) is 35.9 Å². The van der Waals surface area contributed by atoms with Crippen molar-refractivity contribution in [3.63, 3.8) is 0 Å². The summed E-state index contributed by atoms with van der Waals surface area (Å²) in [7, 11) is 2.26. The van der Waals surface area contributed by atoms with Crippen LogP contribution >= 0.6 is 0 Å². The van der Waals surface area contributed by atoms with Crippen molar-refractivity contribution < 1.29 is 73.6 Å². The molecule has 1 fully saturated rings. The monoisotopic (exact) mass is 656 g/mol. The first-order chi connectivity index (χ1) is 19.9. The molecule has 0 aliphatic carbocycles. The van der Waals surface area contributed by atoms with Gasteiger partial charge in [-0.3, -0.25) is 9.80 Å². The Bertz CT molecular complexity index is 1200. The predicted octanol–water partition coefficient (Wildman–Crippen LogP) is 4.43. The number of furan rings is 1. The number of aromatic nitrogens is 2. The number of alkyl halides is 9. The Morgan fingerprint density at radius 1 is 0.818 bits per heavy atom. The van der Waals surface area contributed by atoms with E-state index in [4.69, 9.17) is 39.1 Å². The summed E-state index contributed by atoms with van der Waals surface area (Å²) < 4.78 is 103. The Labute approximate surface area is 243 Å². The molecule has 250 valence electrons. The molecule has 0 unspecified atom stereocenters. The highest BCUT2D eigenvalue weighted by Crippen LogP contribution is 2.40. The summed E-state index contributed by atoms with van der Waals surface area (Å²) in [6.45, 7) is 9.46. The normalized spacial score (nSPS) is 16.7. The Morgan fingerprint density at radius 2 is 1.25 bits per heavy atom. The summed E-state index contributed by atoms with van der Waals surface area (Å²) in [5.41, 5.74) is 1.41. The van der Waals surface area contributed by atoms with E-state index in [0.717, 1.165) is 57.1 Å². The second-order valence-corrected chi connectivity index (χ2v) is 9.53. The summed E-state index contributed by atoms with van der Waals surface area (Å²) in [4.78, 5) is 36.5. The number of hydrogen-bond donors (Lipinski definition) is 3. The van der Waals surface area contributed by atoms with E-state index in [-0.39, 0.29) is 5.54 Å². The van der Waals surface area contributed by atoms with Gasteiger partial charge in [-0.2, -0.15) is 39.5 Å². The maximum Gasteiger partial charge on any atom is 0.490 e. The molecule has 0 amide bonds. The topological polar surface area (TPSA) is 149 Å². The smallest absolute Gasteiger partial charge is 0.475 e. The number of aliphatic carboxylic acids is 3. The Balaban J connectivity index is 0.000000379. The van der Waals surface area contributed by atoms with Gasteiger partial charge in [0.15, 0.2) is 0 Å². The summed E-state index contributed by atoms with van der Waals surface area (Å²) >= 11 is 0. The predicted molar refractivity (Wildman–Crippen MR) is 130 cm³/mol. The van der Waals surface area contributed by atoms with E-state index < -0.39 is 36.4 Å². The highest BCUT2D eigenvalue weighted by molar-refractivity contribution is 5.73. The quantitative estimate of drug-likeness (QED) is 0.397. The molecule has 0 bridgehead atoms. The molecule has 2 aromatic rings. The fourth-order valence-electron chi connectivity index (χ4n) is 4.23. The molecule has 44 heavy (non-hydrogen) atoms. The molecule has 1 spiro atoms. The summed E-state index contributed by atoms with van der Waals surface area (Å²) in [6, 6.07) is 4.15. The number of hydrogen-bond acceptors (Lipinski definition) is 7. The molecule has 4 heterocycles. The molecular formula is C24H29F9N4O7. The zero-order valence-corrected chi connectivity index (χ0v) is 23.3. The Kier molecular flexibility index (Phi) is 12.8. The van der Waals surface area contributed by atoms with Gasteiger partial charge in [-0.05, 0) is 45.9 Å². The average molecular weight is 656 g/mol. The second-order valence-electron chi connectivity index (χ2n) is 9.53. The highest BCUT2D eigenvalue weighted by atomic mass is 19.4. The number of aryl methyl sites for hydroxylation is 2. The van der Waals surface area contributed by atoms with Gasteiger partial charge in [0.1, 0.15) is 17.3 Å². The van der Waals surface area contributed by atoms with Crippen LogP contribution in [0.15, 0.2) is 22.7 Å². The van der Waals surface area contributed by atoms with E-state index in [1.54, 1.807) is 0 Å². The maximum absolute atomic E-state index is 10.6. The lowest BCUT2D eigenvalue weighted by molar-refractivity contribution is -0.193. The lowest BCUT2D eigenvalue weighted by Crippen LogP contribution is -2.56. The Hall–Kier alpha value is -3.81. The van der Waals surface area contributed by atoms with E-state index in [1.807, 2.05) is 13.1 Å². The zero-order valence-electron chi connectivity index (χ0n) is 23.3. The number of carboxylic acid groups (broad SMARTS) is 3. The Morgan fingerprint density at radius 3 is 1.61 bits per heavy atom. The number of rotatable bonds is 2. The van der Waals surface area contributed by atoms with Crippen molar-refractivity contribution in [2.75, 3.05) is 26.7 Å². The minimum Gasteiger partial charge on any atom is -0.475 e. The van der Waals surface area contributed by atoms with Gasteiger partial charge in [0.25, 0.3) is 0 Å². The first-order valence-corrected chi connectivity index (χ1v) is 12.3. The molecule has 0 atom stereocenters. The second kappa shape index (κ2) is 14.8. The van der Waals surface area contributed by atoms with E-state index in [1.165, 1.54) is 11.5 Å². The van der Waals surface area contributed by atoms with Crippen LogP contribution in [-0.4, -0.2) is 97.8 Å². The number of carbonyl (C=O) groups is 3. The van der Waals surface area contributed by atoms with Gasteiger partial charge in [-0.25, -0.2) is 19.4 Å². The van der Waals surface area contributed by atoms with Gasteiger partial charge in [0.05, 0.1) is 12.1 Å². The molecule has 11 nitrogen and oxygen atoms in total. The average Bonchev–Trinajstić information content (AvgIpc) is 3.47. The molecular weight excluding hydrogens is 627 g/mol. The summed E-state index contributed by atoms with van der Waals surface area (Å²) in [5.74, 6) is -4.92. The molecule has 2 aliphatic heterocycles. The minimum atomic E-state index is -5.08. The van der Waals surface area contributed by atoms with Crippen molar-refractivity contribution in [3.05, 3.63) is 41.4 Å². The number of fused-ring (bicyclic) bond motifs is 2. The largest absolute Gasteiger partial charge is 0.490 e. The zero-order chi connectivity index (χ0) is 34.3. The first-order valence-electron chi connectivity index (χ1n) is 12.3. The summed E-state index contributed by atoms with van der Waals surface area (Å²) in [5, 5.41) is 21.4. The standard InChI is InChI=1S/C18H26N4O.3C2HF3O2/c1-14-12-19-17-18(20(3)10-11-22(14)17)6-8-21(9-7-18)13-16-5-4-15(2)23-16;3*3-2(4,5)1(6)7/h4-5,12H,6-11,13H2,1-3H3;3*(H,6,7). The molecule has 20 heteroatoms. The van der Waals surface area contributed by atoms with Gasteiger partial charge >= 0.3 is 36.4 Å². The van der Waals surface area contributed by atoms with Crippen molar-refractivity contribution in [2.45, 2.75) is 63.8 Å². The van der Waals surface area contributed by atoms with Crippen LogP contribution in [0.3, 0.4) is 0 Å². The molecule has 0 saturated carbocycles. The van der Waals surface area contributed by atoms with Crippen LogP contribution in [0.2, 0.25) is 0 Å². The SMILES string of the molecule is Cc1ccc(CN2CCC3(CC2)c2ncc(C)n2CCN3C)o1.O=C(O)C(F)(F)F.O=C(O)C(F)(F)F.O=C(O)C(F)(F)F. The third-order valence-electron chi connectivity index (χ3n) is 6.45. The number of likely N-dealkylation sites (N-methyl/N-ethyl adjacent to an activating group) is 1. The van der Waals surface area contributed by atoms with Crippen molar-refractivity contribution in [2.24, 2.45) is 0 Å². The third kappa shape index (κ3) is 11.0. The van der Waals surface area contributed by atoms with Crippen molar-refractivity contribution in [1.29, 1.82) is 0 Å². The van der Waals surface area contributed by atoms with E-state index >= 15 is 0 Å². The molecule has 1 saturated heterocycles. The van der Waals surface area contributed by atoms with Crippen LogP contribution < -0.4 is 0 Å². The molecule has 2 aromatic heterocycles. The van der Waals surface area contributed by atoms with Crippen LogP contribution in [-0.2, 0) is 33.0 Å². The van der Waals surface area contributed by atoms with Crippen LogP contribution in [0.5, 0.6) is 0 Å². The van der Waals surface area contributed by atoms with Gasteiger partial charge in [0, 0.05) is 38.1 Å². The lowest BCUT2D eigenvalue weighted by atomic mass is 9.83. The van der Waals surface area contributed by atoms with Crippen LogP contribution in [0, 0.1) is 13.8 Å². The van der Waals surface area contributed by atoms with Crippen LogP contribution in [0.25, 0.3) is 0 Å². The molecule has 4 rings (SSSR count). The van der Waals surface area contributed by atoms with Crippen LogP contribution in [0.4, 0.5) is 39.5 Å². The third-order valence-corrected chi connectivity index (χ3v) is 6.45. The molecule has 3 N–H and O–H groups in total. The van der Waals surface area contributed by atoms with Gasteiger partial charge in [-0.1, -0.05) is 0 Å². The molecule has 0 radical (unpaired) electrons. The molecule has 2 aliphatic rings.